The number of nitrogens with one attached hydrogen (secondary N) is 2. The van der Waals surface area contributed by atoms with Crippen molar-refractivity contribution in [1.82, 2.24) is 10.3 Å². The summed E-state index contributed by atoms with van der Waals surface area (Å²) in [5.74, 6) is -1.05. The van der Waals surface area contributed by atoms with E-state index in [9.17, 15) is 9.59 Å². The van der Waals surface area contributed by atoms with Crippen LogP contribution in [0.1, 0.15) is 21.6 Å². The van der Waals surface area contributed by atoms with Crippen molar-refractivity contribution >= 4 is 5.97 Å². The molecule has 1 aliphatic heterocycles. The molecule has 0 saturated carbocycles. The van der Waals surface area contributed by atoms with Gasteiger partial charge in [-0.15, -0.1) is 0 Å². The van der Waals surface area contributed by atoms with E-state index < -0.39 is 5.97 Å². The highest BCUT2D eigenvalue weighted by molar-refractivity contribution is 5.89. The average molecular weight is 180 g/mol. The molecule has 68 valence electrons. The SMILES string of the molecule is O=C(O)c1cc(=O)[nH]c2c1CNC2. The topological polar surface area (TPSA) is 82.2 Å². The van der Waals surface area contributed by atoms with Crippen molar-refractivity contribution in [2.24, 2.45) is 0 Å². The predicted molar refractivity (Wildman–Crippen MR) is 44.6 cm³/mol. The molecule has 0 bridgehead atoms. The van der Waals surface area contributed by atoms with E-state index in [0.717, 1.165) is 6.07 Å². The van der Waals surface area contributed by atoms with E-state index in [0.29, 0.717) is 24.3 Å². The van der Waals surface area contributed by atoms with Gasteiger partial charge in [-0.1, -0.05) is 0 Å². The van der Waals surface area contributed by atoms with Crippen LogP contribution in [0.3, 0.4) is 0 Å². The molecule has 1 aromatic rings. The van der Waals surface area contributed by atoms with Crippen LogP contribution in [0.15, 0.2) is 10.9 Å². The summed E-state index contributed by atoms with van der Waals surface area (Å²) in [7, 11) is 0. The number of H-pyrrole nitrogens is 1. The third-order valence-electron chi connectivity index (χ3n) is 2.07. The van der Waals surface area contributed by atoms with Gasteiger partial charge in [-0.3, -0.25) is 4.79 Å². The van der Waals surface area contributed by atoms with Gasteiger partial charge in [0.1, 0.15) is 0 Å². The van der Waals surface area contributed by atoms with E-state index >= 15 is 0 Å². The second-order valence-corrected chi connectivity index (χ2v) is 2.91. The highest BCUT2D eigenvalue weighted by Gasteiger charge is 2.19. The summed E-state index contributed by atoms with van der Waals surface area (Å²) in [4.78, 5) is 24.3. The first-order valence-corrected chi connectivity index (χ1v) is 3.87. The van der Waals surface area contributed by atoms with Crippen LogP contribution in [0, 0.1) is 0 Å². The molecule has 2 rings (SSSR count). The van der Waals surface area contributed by atoms with E-state index in [1.807, 2.05) is 0 Å². The van der Waals surface area contributed by atoms with E-state index in [1.165, 1.54) is 0 Å². The average Bonchev–Trinajstić information content (AvgIpc) is 2.49. The van der Waals surface area contributed by atoms with Crippen molar-refractivity contribution in [2.45, 2.75) is 13.1 Å². The molecule has 5 nitrogen and oxygen atoms in total. The molecule has 1 aliphatic rings. The van der Waals surface area contributed by atoms with Crippen LogP contribution < -0.4 is 10.9 Å². The molecule has 5 heteroatoms. The minimum Gasteiger partial charge on any atom is -0.478 e. The molecule has 0 aromatic carbocycles. The lowest BCUT2D eigenvalue weighted by molar-refractivity contribution is 0.0695. The van der Waals surface area contributed by atoms with Crippen molar-refractivity contribution < 1.29 is 9.90 Å². The number of fused-ring (bicyclic) bond motifs is 1. The Labute approximate surface area is 73.4 Å². The number of carboxylic acids is 1. The maximum Gasteiger partial charge on any atom is 0.336 e. The maximum atomic E-state index is 11.0. The molecule has 2 heterocycles. The largest absolute Gasteiger partial charge is 0.478 e. The standard InChI is InChI=1S/C8H8N2O3/c11-7-1-4(8(12)13)5-2-9-3-6(5)10-7/h1,9H,2-3H2,(H,10,11)(H,12,13). The summed E-state index contributed by atoms with van der Waals surface area (Å²) in [5.41, 5.74) is 1.11. The number of aromatic nitrogens is 1. The first kappa shape index (κ1) is 8.00. The molecule has 0 atom stereocenters. The zero-order chi connectivity index (χ0) is 9.42. The summed E-state index contributed by atoms with van der Waals surface area (Å²) in [6, 6.07) is 1.12. The van der Waals surface area contributed by atoms with Crippen molar-refractivity contribution in [3.05, 3.63) is 33.2 Å². The van der Waals surface area contributed by atoms with Gasteiger partial charge in [0, 0.05) is 30.4 Å². The van der Waals surface area contributed by atoms with Gasteiger partial charge in [-0.25, -0.2) is 4.79 Å². The van der Waals surface area contributed by atoms with E-state index in [1.54, 1.807) is 0 Å². The Morgan fingerprint density at radius 3 is 2.92 bits per heavy atom. The highest BCUT2D eigenvalue weighted by Crippen LogP contribution is 2.15. The van der Waals surface area contributed by atoms with Gasteiger partial charge in [0.2, 0.25) is 5.56 Å². The number of carboxylic acid groups (broad SMARTS) is 1. The second-order valence-electron chi connectivity index (χ2n) is 2.91. The summed E-state index contributed by atoms with van der Waals surface area (Å²) < 4.78 is 0. The zero-order valence-electron chi connectivity index (χ0n) is 6.76. The van der Waals surface area contributed by atoms with Crippen molar-refractivity contribution in [2.75, 3.05) is 0 Å². The Morgan fingerprint density at radius 1 is 1.46 bits per heavy atom. The second kappa shape index (κ2) is 2.70. The third-order valence-corrected chi connectivity index (χ3v) is 2.07. The minimum atomic E-state index is -1.05. The molecule has 0 aliphatic carbocycles. The predicted octanol–water partition coefficient (Wildman–Crippen LogP) is -0.324. The summed E-state index contributed by atoms with van der Waals surface area (Å²) in [5, 5.41) is 11.8. The first-order chi connectivity index (χ1) is 6.18. The molecule has 3 N–H and O–H groups in total. The van der Waals surface area contributed by atoms with Crippen LogP contribution in [0.2, 0.25) is 0 Å². The molecular weight excluding hydrogens is 172 g/mol. The van der Waals surface area contributed by atoms with Crippen LogP contribution >= 0.6 is 0 Å². The van der Waals surface area contributed by atoms with Gasteiger partial charge in [0.05, 0.1) is 5.56 Å². The van der Waals surface area contributed by atoms with E-state index in [4.69, 9.17) is 5.11 Å². The van der Waals surface area contributed by atoms with E-state index in [-0.39, 0.29) is 11.1 Å². The Kier molecular flexibility index (Phi) is 1.66. The lowest BCUT2D eigenvalue weighted by Gasteiger charge is -2.01. The summed E-state index contributed by atoms with van der Waals surface area (Å²) in [6.07, 6.45) is 0. The van der Waals surface area contributed by atoms with Gasteiger partial charge in [0.15, 0.2) is 0 Å². The molecule has 0 radical (unpaired) electrons. The fourth-order valence-corrected chi connectivity index (χ4v) is 1.50. The molecule has 0 spiro atoms. The number of aromatic amines is 1. The number of carbonyl (C=O) groups is 1. The molecule has 0 saturated heterocycles. The Morgan fingerprint density at radius 2 is 2.23 bits per heavy atom. The number of rotatable bonds is 1. The fourth-order valence-electron chi connectivity index (χ4n) is 1.50. The Bertz CT molecular complexity index is 422. The zero-order valence-corrected chi connectivity index (χ0v) is 6.76. The van der Waals surface area contributed by atoms with Crippen LogP contribution in [-0.2, 0) is 13.1 Å². The number of hydrogen-bond donors (Lipinski definition) is 3. The lowest BCUT2D eigenvalue weighted by atomic mass is 10.1. The van der Waals surface area contributed by atoms with Gasteiger partial charge < -0.3 is 15.4 Å². The normalized spacial score (nSPS) is 14.2. The van der Waals surface area contributed by atoms with Crippen molar-refractivity contribution in [1.29, 1.82) is 0 Å². The molecule has 0 amide bonds. The fraction of sp³-hybridized carbons (Fsp3) is 0.250. The molecule has 13 heavy (non-hydrogen) atoms. The number of pyridine rings is 1. The lowest BCUT2D eigenvalue weighted by Crippen LogP contribution is -2.13. The van der Waals surface area contributed by atoms with Gasteiger partial charge in [-0.2, -0.15) is 0 Å². The van der Waals surface area contributed by atoms with Crippen LogP contribution in [0.5, 0.6) is 0 Å². The molecule has 0 fully saturated rings. The van der Waals surface area contributed by atoms with Gasteiger partial charge in [0.25, 0.3) is 0 Å². The minimum absolute atomic E-state index is 0.101. The monoisotopic (exact) mass is 180 g/mol. The Hall–Kier alpha value is -1.62. The summed E-state index contributed by atoms with van der Waals surface area (Å²) in [6.45, 7) is 1.04. The van der Waals surface area contributed by atoms with Crippen LogP contribution in [-0.4, -0.2) is 16.1 Å². The van der Waals surface area contributed by atoms with Crippen molar-refractivity contribution in [3.8, 4) is 0 Å². The Balaban J connectivity index is 2.69. The van der Waals surface area contributed by atoms with Gasteiger partial charge in [-0.05, 0) is 0 Å². The quantitative estimate of drug-likeness (QED) is 0.553. The van der Waals surface area contributed by atoms with Crippen LogP contribution in [0.25, 0.3) is 0 Å². The maximum absolute atomic E-state index is 11.0. The van der Waals surface area contributed by atoms with Crippen LogP contribution in [0.4, 0.5) is 0 Å². The van der Waals surface area contributed by atoms with Gasteiger partial charge >= 0.3 is 5.97 Å². The molecular formula is C8H8N2O3. The first-order valence-electron chi connectivity index (χ1n) is 3.87. The summed E-state index contributed by atoms with van der Waals surface area (Å²) >= 11 is 0. The highest BCUT2D eigenvalue weighted by atomic mass is 16.4. The number of aromatic carboxylic acids is 1. The molecule has 1 aromatic heterocycles. The van der Waals surface area contributed by atoms with Crippen molar-refractivity contribution in [3.63, 3.8) is 0 Å². The van der Waals surface area contributed by atoms with E-state index in [2.05, 4.69) is 10.3 Å². The molecule has 0 unspecified atom stereocenters. The third kappa shape index (κ3) is 1.23. The number of hydrogen-bond acceptors (Lipinski definition) is 3. The smallest absolute Gasteiger partial charge is 0.336 e.